The molecule has 1 aromatic carbocycles. The Morgan fingerprint density at radius 1 is 1.18 bits per heavy atom. The van der Waals surface area contributed by atoms with Gasteiger partial charge in [0.05, 0.1) is 7.11 Å². The smallest absolute Gasteiger partial charge is 0.289 e. The number of nitrogens with zero attached hydrogens (tertiary/aromatic N) is 2. The average Bonchev–Trinajstić information content (AvgIpc) is 3.23. The quantitative estimate of drug-likeness (QED) is 0.865. The number of hydrogen-bond donors (Lipinski definition) is 1. The Bertz CT molecular complexity index is 1180. The van der Waals surface area contributed by atoms with Crippen LogP contribution < -0.4 is 24.9 Å². The third-order valence-electron chi connectivity index (χ3n) is 5.08. The van der Waals surface area contributed by atoms with Crippen molar-refractivity contribution >= 4 is 23.0 Å². The van der Waals surface area contributed by atoms with E-state index in [9.17, 15) is 10.5 Å². The van der Waals surface area contributed by atoms with Crippen LogP contribution in [0.5, 0.6) is 17.2 Å². The second-order valence-corrected chi connectivity index (χ2v) is 6.52. The Morgan fingerprint density at radius 2 is 1.89 bits per heavy atom. The van der Waals surface area contributed by atoms with Crippen molar-refractivity contribution in [2.75, 3.05) is 19.6 Å². The van der Waals surface area contributed by atoms with Gasteiger partial charge in [0.15, 0.2) is 17.2 Å². The van der Waals surface area contributed by atoms with Gasteiger partial charge in [-0.1, -0.05) is 0 Å². The molecule has 0 saturated carbocycles. The number of anilines is 1. The highest BCUT2D eigenvalue weighted by molar-refractivity contribution is 6.08. The number of nitrogens with two attached hydrogens (primary N) is 1. The summed E-state index contributed by atoms with van der Waals surface area (Å²) < 4.78 is 16.4. The number of pyridine rings is 1. The molecule has 0 fully saturated rings. The van der Waals surface area contributed by atoms with Crippen LogP contribution in [-0.2, 0) is 0 Å². The number of ether oxygens (including phenoxy) is 3. The van der Waals surface area contributed by atoms with Gasteiger partial charge in [-0.15, -0.1) is 0 Å². The van der Waals surface area contributed by atoms with Gasteiger partial charge in [-0.05, 0) is 42.7 Å². The van der Waals surface area contributed by atoms with E-state index in [1.165, 1.54) is 0 Å². The van der Waals surface area contributed by atoms with E-state index in [2.05, 4.69) is 17.1 Å². The van der Waals surface area contributed by atoms with E-state index in [-0.39, 0.29) is 12.6 Å². The van der Waals surface area contributed by atoms with Crippen molar-refractivity contribution in [2.45, 2.75) is 13.8 Å². The summed E-state index contributed by atoms with van der Waals surface area (Å²) in [6.07, 6.45) is 1.93. The summed E-state index contributed by atoms with van der Waals surface area (Å²) in [6, 6.07) is 7.99. The van der Waals surface area contributed by atoms with E-state index in [0.29, 0.717) is 34.1 Å². The molecule has 0 saturated heterocycles. The van der Waals surface area contributed by atoms with E-state index in [1.807, 2.05) is 26.0 Å². The molecule has 1 aliphatic carbocycles. The summed E-state index contributed by atoms with van der Waals surface area (Å²) >= 11 is 0. The molecule has 4 rings (SSSR count). The lowest BCUT2D eigenvalue weighted by molar-refractivity contribution is -0.364. The number of hydrogen-bond acceptors (Lipinski definition) is 6. The zero-order chi connectivity index (χ0) is 20.0. The fourth-order valence-electron chi connectivity index (χ4n) is 3.66. The lowest BCUT2D eigenvalue weighted by atomic mass is 9.95. The molecule has 0 spiro atoms. The number of nitrogens with one attached hydrogen (secondary N) is 1. The average molecular weight is 373 g/mol. The summed E-state index contributed by atoms with van der Waals surface area (Å²) in [4.78, 5) is 3.02. The minimum Gasteiger partial charge on any atom is -0.496 e. The number of nitriles is 2. The monoisotopic (exact) mass is 373 g/mol. The topological polar surface area (TPSA) is 115 Å². The molecule has 1 aromatic heterocycles. The Kier molecular flexibility index (Phi) is 3.94. The number of allylic oxidation sites excluding steroid dienone is 3. The summed E-state index contributed by atoms with van der Waals surface area (Å²) in [5.74, 6) is 2.13. The molecule has 1 aliphatic heterocycles. The predicted octanol–water partition coefficient (Wildman–Crippen LogP) is 2.85. The fraction of sp³-hybridized carbons (Fsp3) is 0.190. The Labute approximate surface area is 161 Å². The van der Waals surface area contributed by atoms with Crippen LogP contribution in [0.1, 0.15) is 34.9 Å². The second kappa shape index (κ2) is 6.33. The van der Waals surface area contributed by atoms with Crippen LogP contribution in [0.2, 0.25) is 0 Å². The second-order valence-electron chi connectivity index (χ2n) is 6.52. The number of aromatic amines is 1. The van der Waals surface area contributed by atoms with E-state index >= 15 is 0 Å². The van der Waals surface area contributed by atoms with E-state index in [1.54, 1.807) is 13.2 Å². The predicted molar refractivity (Wildman–Crippen MR) is 102 cm³/mol. The van der Waals surface area contributed by atoms with Crippen molar-refractivity contribution in [3.8, 4) is 29.4 Å². The van der Waals surface area contributed by atoms with E-state index in [4.69, 9.17) is 19.9 Å². The normalized spacial score (nSPS) is 15.4. The van der Waals surface area contributed by atoms with Crippen molar-refractivity contribution in [1.29, 1.82) is 10.5 Å². The summed E-state index contributed by atoms with van der Waals surface area (Å²) in [5, 5.41) is 19.2. The lowest BCUT2D eigenvalue weighted by Gasteiger charge is -2.11. The van der Waals surface area contributed by atoms with Crippen molar-refractivity contribution in [1.82, 2.24) is 0 Å². The minimum absolute atomic E-state index is 0.164. The van der Waals surface area contributed by atoms with Crippen LogP contribution in [0.25, 0.3) is 17.2 Å². The maximum Gasteiger partial charge on any atom is 0.289 e. The van der Waals surface area contributed by atoms with Crippen LogP contribution in [0.3, 0.4) is 0 Å². The first-order valence-electron chi connectivity index (χ1n) is 8.57. The molecule has 0 amide bonds. The van der Waals surface area contributed by atoms with Gasteiger partial charge >= 0.3 is 0 Å². The highest BCUT2D eigenvalue weighted by Crippen LogP contribution is 2.45. The molecule has 2 heterocycles. The molecule has 2 aromatic rings. The zero-order valence-corrected chi connectivity index (χ0v) is 15.6. The number of nitrogen functional groups attached to an aromatic ring is 1. The Balaban J connectivity index is 2.00. The van der Waals surface area contributed by atoms with Gasteiger partial charge in [-0.25, -0.2) is 4.98 Å². The number of benzene rings is 1. The number of rotatable bonds is 2. The van der Waals surface area contributed by atoms with Crippen molar-refractivity contribution in [3.05, 3.63) is 45.7 Å². The van der Waals surface area contributed by atoms with Gasteiger partial charge in [0.25, 0.3) is 5.82 Å². The molecule has 0 atom stereocenters. The van der Waals surface area contributed by atoms with Crippen LogP contribution in [0, 0.1) is 29.6 Å². The van der Waals surface area contributed by atoms with Crippen LogP contribution in [-0.4, -0.2) is 13.9 Å². The van der Waals surface area contributed by atoms with Crippen molar-refractivity contribution in [3.63, 3.8) is 0 Å². The van der Waals surface area contributed by atoms with E-state index < -0.39 is 0 Å². The molecule has 7 nitrogen and oxygen atoms in total. The third-order valence-corrected chi connectivity index (χ3v) is 5.08. The largest absolute Gasteiger partial charge is 0.496 e. The first kappa shape index (κ1) is 17.4. The SMILES string of the molecule is COc1cc2c(cc1/C=C1\C(C)=C(C#N)c3[nH+]c(N)c(C#N)c(C)c31)OCO2. The summed E-state index contributed by atoms with van der Waals surface area (Å²) in [5.41, 5.74) is 11.4. The van der Waals surface area contributed by atoms with Crippen molar-refractivity contribution < 1.29 is 19.2 Å². The third kappa shape index (κ3) is 2.38. The molecule has 138 valence electrons. The van der Waals surface area contributed by atoms with Gasteiger partial charge in [-0.3, -0.25) is 5.73 Å². The fourth-order valence-corrected chi connectivity index (χ4v) is 3.66. The van der Waals surface area contributed by atoms with Gasteiger partial charge in [0.2, 0.25) is 6.79 Å². The molecule has 28 heavy (non-hydrogen) atoms. The Hall–Kier alpha value is -3.97. The maximum atomic E-state index is 9.68. The molecule has 0 unspecified atom stereocenters. The van der Waals surface area contributed by atoms with Gasteiger partial charge in [0, 0.05) is 17.2 Å². The number of methoxy groups -OCH3 is 1. The van der Waals surface area contributed by atoms with Crippen LogP contribution in [0.4, 0.5) is 5.82 Å². The molecule has 3 N–H and O–H groups in total. The molecule has 0 bridgehead atoms. The minimum atomic E-state index is 0.164. The zero-order valence-electron chi connectivity index (χ0n) is 15.6. The highest BCUT2D eigenvalue weighted by Gasteiger charge is 2.32. The number of H-pyrrole nitrogens is 1. The van der Waals surface area contributed by atoms with Crippen LogP contribution >= 0.6 is 0 Å². The molecule has 7 heteroatoms. The highest BCUT2D eigenvalue weighted by atomic mass is 16.7. The van der Waals surface area contributed by atoms with Gasteiger partial charge < -0.3 is 14.2 Å². The van der Waals surface area contributed by atoms with Crippen LogP contribution in [0.15, 0.2) is 17.7 Å². The standard InChI is InChI=1S/C21H16N4O3/c1-10-13(4-12-5-17-18(28-9-27-17)6-16(12)26-3)19-11(2)15(8-23)21(24)25-20(19)14(10)7-22/h4-6H,9H2,1-3H3,(H2,24,25)/p+1/b13-4+. The van der Waals surface area contributed by atoms with Gasteiger partial charge in [-0.2, -0.15) is 10.5 Å². The molecule has 0 radical (unpaired) electrons. The molecular weight excluding hydrogens is 356 g/mol. The summed E-state index contributed by atoms with van der Waals surface area (Å²) in [7, 11) is 1.58. The lowest BCUT2D eigenvalue weighted by Crippen LogP contribution is -2.20. The van der Waals surface area contributed by atoms with Gasteiger partial charge in [0.1, 0.15) is 29.0 Å². The molecular formula is C21H17N4O3+. The first-order valence-corrected chi connectivity index (χ1v) is 8.57. The first-order chi connectivity index (χ1) is 13.5. The molecule has 2 aliphatic rings. The maximum absolute atomic E-state index is 9.68. The number of aromatic nitrogens is 1. The Morgan fingerprint density at radius 3 is 2.54 bits per heavy atom. The summed E-state index contributed by atoms with van der Waals surface area (Å²) in [6.45, 7) is 3.87. The van der Waals surface area contributed by atoms with Crippen molar-refractivity contribution in [2.24, 2.45) is 0 Å². The van der Waals surface area contributed by atoms with E-state index in [0.717, 1.165) is 27.8 Å². The number of fused-ring (bicyclic) bond motifs is 2.